The molecule has 0 radical (unpaired) electrons. The Morgan fingerprint density at radius 3 is 2.50 bits per heavy atom. The molecule has 0 aliphatic carbocycles. The molecule has 130 valence electrons. The van der Waals surface area contributed by atoms with Crippen molar-refractivity contribution < 1.29 is 23.9 Å². The van der Waals surface area contributed by atoms with Gasteiger partial charge in [-0.1, -0.05) is 0 Å². The van der Waals surface area contributed by atoms with E-state index < -0.39 is 23.8 Å². The van der Waals surface area contributed by atoms with Gasteiger partial charge in [-0.25, -0.2) is 0 Å². The minimum absolute atomic E-state index is 0.136. The molecule has 0 spiro atoms. The quantitative estimate of drug-likeness (QED) is 0.609. The van der Waals surface area contributed by atoms with Crippen LogP contribution < -0.4 is 5.32 Å². The lowest BCUT2D eigenvalue weighted by Gasteiger charge is -2.34. The largest absolute Gasteiger partial charge is 0.469 e. The van der Waals surface area contributed by atoms with Gasteiger partial charge in [-0.05, 0) is 26.3 Å². The summed E-state index contributed by atoms with van der Waals surface area (Å²) in [5.41, 5.74) is 1.90. The van der Waals surface area contributed by atoms with Crippen LogP contribution in [-0.2, 0) is 14.3 Å². The Balaban J connectivity index is 2.36. The molecule has 2 N–H and O–H groups in total. The van der Waals surface area contributed by atoms with Crippen molar-refractivity contribution in [2.45, 2.75) is 33.2 Å². The molecule has 1 saturated heterocycles. The third kappa shape index (κ3) is 3.17. The second-order valence-corrected chi connectivity index (χ2v) is 5.77. The average molecular weight is 335 g/mol. The number of Topliss-reactive ketones (excluding diaryl/α,β-unsaturated/α-hetero) is 1. The van der Waals surface area contributed by atoms with Crippen LogP contribution in [0.1, 0.15) is 45.4 Å². The number of piperazine rings is 1. The van der Waals surface area contributed by atoms with Crippen molar-refractivity contribution in [2.24, 2.45) is 0 Å². The maximum absolute atomic E-state index is 12.9. The fourth-order valence-electron chi connectivity index (χ4n) is 3.04. The lowest BCUT2D eigenvalue weighted by Crippen LogP contribution is -2.58. The number of ether oxygens (including phenoxy) is 1. The second kappa shape index (κ2) is 6.86. The fraction of sp³-hybridized carbons (Fsp3) is 0.500. The van der Waals surface area contributed by atoms with E-state index in [1.165, 1.54) is 18.9 Å². The Bertz CT molecular complexity index is 707. The topological polar surface area (TPSA) is 109 Å². The predicted molar refractivity (Wildman–Crippen MR) is 84.7 cm³/mol. The first-order chi connectivity index (χ1) is 11.3. The number of aromatic amines is 1. The molecule has 2 heterocycles. The molecule has 2 rings (SSSR count). The van der Waals surface area contributed by atoms with Gasteiger partial charge >= 0.3 is 5.97 Å². The summed E-state index contributed by atoms with van der Waals surface area (Å²) in [5.74, 6) is -1.51. The van der Waals surface area contributed by atoms with Gasteiger partial charge in [0.2, 0.25) is 5.91 Å². The average Bonchev–Trinajstić information content (AvgIpc) is 2.83. The number of nitrogens with one attached hydrogen (secondary N) is 2. The number of amides is 2. The van der Waals surface area contributed by atoms with Gasteiger partial charge in [-0.15, -0.1) is 0 Å². The van der Waals surface area contributed by atoms with Crippen LogP contribution in [0.5, 0.6) is 0 Å². The Hall–Kier alpha value is -2.64. The van der Waals surface area contributed by atoms with Crippen molar-refractivity contribution in [2.75, 3.05) is 20.2 Å². The second-order valence-electron chi connectivity index (χ2n) is 5.77. The minimum atomic E-state index is -0.928. The van der Waals surface area contributed by atoms with E-state index in [1.807, 2.05) is 0 Å². The Morgan fingerprint density at radius 1 is 1.29 bits per heavy atom. The van der Waals surface area contributed by atoms with E-state index in [1.54, 1.807) is 13.8 Å². The van der Waals surface area contributed by atoms with Crippen LogP contribution in [0.4, 0.5) is 0 Å². The van der Waals surface area contributed by atoms with E-state index in [9.17, 15) is 19.2 Å². The van der Waals surface area contributed by atoms with Gasteiger partial charge in [0.25, 0.3) is 5.91 Å². The minimum Gasteiger partial charge on any atom is -0.469 e. The van der Waals surface area contributed by atoms with Gasteiger partial charge in [0.1, 0.15) is 11.7 Å². The number of hydrogen-bond donors (Lipinski definition) is 2. The van der Waals surface area contributed by atoms with Crippen molar-refractivity contribution in [1.82, 2.24) is 15.2 Å². The number of methoxy groups -OCH3 is 1. The number of H-pyrrole nitrogens is 1. The van der Waals surface area contributed by atoms with Gasteiger partial charge in [0.15, 0.2) is 5.78 Å². The third-order valence-electron chi connectivity index (χ3n) is 4.18. The van der Waals surface area contributed by atoms with Crippen LogP contribution in [0.3, 0.4) is 0 Å². The molecule has 0 saturated carbocycles. The maximum Gasteiger partial charge on any atom is 0.308 e. The number of hydrogen-bond acceptors (Lipinski definition) is 5. The highest BCUT2D eigenvalue weighted by molar-refractivity contribution is 6.04. The number of ketones is 1. The molecule has 24 heavy (non-hydrogen) atoms. The molecular formula is C16H21N3O5. The van der Waals surface area contributed by atoms with Crippen LogP contribution in [0, 0.1) is 13.8 Å². The van der Waals surface area contributed by atoms with E-state index in [0.29, 0.717) is 23.4 Å². The summed E-state index contributed by atoms with van der Waals surface area (Å²) in [6.07, 6.45) is -0.216. The van der Waals surface area contributed by atoms with Crippen molar-refractivity contribution in [3.8, 4) is 0 Å². The number of aromatic nitrogens is 1. The van der Waals surface area contributed by atoms with E-state index in [0.717, 1.165) is 0 Å². The lowest BCUT2D eigenvalue weighted by atomic mass is 10.0. The summed E-state index contributed by atoms with van der Waals surface area (Å²) in [5, 5.41) is 2.64. The number of rotatable bonds is 4. The highest BCUT2D eigenvalue weighted by atomic mass is 16.5. The molecule has 1 aromatic rings. The SMILES string of the molecule is COC(=O)C[C@@H]1C(=O)NCCN1C(=O)c1[nH]c(C)c(C(C)=O)c1C. The molecular weight excluding hydrogens is 314 g/mol. The third-order valence-corrected chi connectivity index (χ3v) is 4.18. The summed E-state index contributed by atoms with van der Waals surface area (Å²) in [4.78, 5) is 52.5. The summed E-state index contributed by atoms with van der Waals surface area (Å²) in [6.45, 7) is 5.42. The monoisotopic (exact) mass is 335 g/mol. The summed E-state index contributed by atoms with van der Waals surface area (Å²) in [6, 6.07) is -0.928. The van der Waals surface area contributed by atoms with Gasteiger partial charge in [0.05, 0.1) is 13.5 Å². The first kappa shape index (κ1) is 17.7. The molecule has 1 aromatic heterocycles. The molecule has 1 atom stereocenters. The lowest BCUT2D eigenvalue weighted by molar-refractivity contribution is -0.145. The van der Waals surface area contributed by atoms with Crippen LogP contribution in [0.15, 0.2) is 0 Å². The van der Waals surface area contributed by atoms with Crippen LogP contribution in [0.2, 0.25) is 0 Å². The van der Waals surface area contributed by atoms with E-state index >= 15 is 0 Å². The standard InChI is InChI=1S/C16H21N3O5/c1-8-13(10(3)20)9(2)18-14(8)16(23)19-6-5-17-15(22)11(19)7-12(21)24-4/h11,18H,5-7H2,1-4H3,(H,17,22)/t11-/m1/s1. The zero-order valence-corrected chi connectivity index (χ0v) is 14.2. The number of aryl methyl sites for hydroxylation is 1. The summed E-state index contributed by atoms with van der Waals surface area (Å²) >= 11 is 0. The van der Waals surface area contributed by atoms with Crippen molar-refractivity contribution in [3.05, 3.63) is 22.5 Å². The highest BCUT2D eigenvalue weighted by Gasteiger charge is 2.37. The van der Waals surface area contributed by atoms with E-state index in [4.69, 9.17) is 0 Å². The molecule has 1 aliphatic heterocycles. The van der Waals surface area contributed by atoms with Crippen molar-refractivity contribution in [3.63, 3.8) is 0 Å². The fourth-order valence-corrected chi connectivity index (χ4v) is 3.04. The molecule has 0 bridgehead atoms. The van der Waals surface area contributed by atoms with Gasteiger partial charge in [-0.2, -0.15) is 0 Å². The molecule has 0 aromatic carbocycles. The summed E-state index contributed by atoms with van der Waals surface area (Å²) in [7, 11) is 1.23. The normalized spacial score (nSPS) is 17.4. The Labute approximate surface area is 139 Å². The number of esters is 1. The zero-order valence-electron chi connectivity index (χ0n) is 14.2. The highest BCUT2D eigenvalue weighted by Crippen LogP contribution is 2.22. The first-order valence-electron chi connectivity index (χ1n) is 7.63. The number of carbonyl (C=O) groups is 4. The van der Waals surface area contributed by atoms with Gasteiger partial charge < -0.3 is 19.9 Å². The molecule has 8 nitrogen and oxygen atoms in total. The number of nitrogens with zero attached hydrogens (tertiary/aromatic N) is 1. The first-order valence-corrected chi connectivity index (χ1v) is 7.63. The molecule has 0 unspecified atom stereocenters. The molecule has 1 fully saturated rings. The smallest absolute Gasteiger partial charge is 0.308 e. The predicted octanol–water partition coefficient (Wildman–Crippen LogP) is 0.338. The van der Waals surface area contributed by atoms with Gasteiger partial charge in [-0.3, -0.25) is 19.2 Å². The number of carbonyl (C=O) groups excluding carboxylic acids is 4. The van der Waals surface area contributed by atoms with Crippen LogP contribution >= 0.6 is 0 Å². The van der Waals surface area contributed by atoms with Crippen molar-refractivity contribution >= 4 is 23.6 Å². The zero-order chi connectivity index (χ0) is 18.0. The van der Waals surface area contributed by atoms with Gasteiger partial charge in [0, 0.05) is 24.3 Å². The van der Waals surface area contributed by atoms with Crippen LogP contribution in [0.25, 0.3) is 0 Å². The van der Waals surface area contributed by atoms with E-state index in [-0.39, 0.29) is 24.4 Å². The Morgan fingerprint density at radius 2 is 1.96 bits per heavy atom. The molecule has 1 aliphatic rings. The van der Waals surface area contributed by atoms with E-state index in [2.05, 4.69) is 15.0 Å². The summed E-state index contributed by atoms with van der Waals surface area (Å²) < 4.78 is 4.60. The molecule has 8 heteroatoms. The van der Waals surface area contributed by atoms with Crippen LogP contribution in [-0.4, -0.2) is 59.7 Å². The molecule has 2 amide bonds. The Kier molecular flexibility index (Phi) is 5.06. The van der Waals surface area contributed by atoms with Crippen molar-refractivity contribution in [1.29, 1.82) is 0 Å². The maximum atomic E-state index is 12.9.